The lowest BCUT2D eigenvalue weighted by Crippen LogP contribution is -2.43. The number of hydrogen-bond acceptors (Lipinski definition) is 3. The van der Waals surface area contributed by atoms with E-state index in [1.165, 1.54) is 0 Å². The number of nitrogens with zero attached hydrogens (tertiary/aromatic N) is 1. The molecule has 0 unspecified atom stereocenters. The molecule has 0 saturated heterocycles. The average Bonchev–Trinajstić information content (AvgIpc) is 2.63. The van der Waals surface area contributed by atoms with Crippen molar-refractivity contribution in [2.45, 2.75) is 26.3 Å². The van der Waals surface area contributed by atoms with Crippen LogP contribution in [0.2, 0.25) is 10.0 Å². The summed E-state index contributed by atoms with van der Waals surface area (Å²) in [5.74, 6) is -0.439. The van der Waals surface area contributed by atoms with Crippen molar-refractivity contribution in [2.75, 3.05) is 24.2 Å². The Morgan fingerprint density at radius 3 is 2.44 bits per heavy atom. The Hall–Kier alpha value is -2.08. The lowest BCUT2D eigenvalue weighted by molar-refractivity contribution is -0.122. The predicted octanol–water partition coefficient (Wildman–Crippen LogP) is 4.45. The first-order chi connectivity index (χ1) is 12.8. The second-order valence-corrected chi connectivity index (χ2v) is 7.11. The lowest BCUT2D eigenvalue weighted by atomic mass is 10.1. The van der Waals surface area contributed by atoms with Crippen LogP contribution in [0.25, 0.3) is 0 Å². The van der Waals surface area contributed by atoms with E-state index in [0.717, 1.165) is 17.7 Å². The van der Waals surface area contributed by atoms with Gasteiger partial charge in [0.05, 0.1) is 23.3 Å². The molecule has 0 fully saturated rings. The van der Waals surface area contributed by atoms with Crippen LogP contribution in [0.4, 0.5) is 11.4 Å². The SMILES string of the molecule is CCc1ccccc1NC(=O)CN(C)[C@@H](C)C(=O)Nc1ccc(Cl)cc1Cl. The predicted molar refractivity (Wildman–Crippen MR) is 112 cm³/mol. The highest BCUT2D eigenvalue weighted by Gasteiger charge is 2.21. The van der Waals surface area contributed by atoms with Crippen LogP contribution in [0.1, 0.15) is 19.4 Å². The molecule has 144 valence electrons. The van der Waals surface area contributed by atoms with Crippen LogP contribution in [0.5, 0.6) is 0 Å². The van der Waals surface area contributed by atoms with Crippen molar-refractivity contribution in [2.24, 2.45) is 0 Å². The van der Waals surface area contributed by atoms with Gasteiger partial charge in [0.15, 0.2) is 0 Å². The number of anilines is 2. The summed E-state index contributed by atoms with van der Waals surface area (Å²) in [5.41, 5.74) is 2.34. The van der Waals surface area contributed by atoms with E-state index in [9.17, 15) is 9.59 Å². The quantitative estimate of drug-likeness (QED) is 0.712. The van der Waals surface area contributed by atoms with Crippen LogP contribution in [0.3, 0.4) is 0 Å². The van der Waals surface area contributed by atoms with Crippen molar-refractivity contribution in [1.82, 2.24) is 4.90 Å². The molecule has 0 aromatic heterocycles. The number of benzene rings is 2. The van der Waals surface area contributed by atoms with E-state index >= 15 is 0 Å². The van der Waals surface area contributed by atoms with Gasteiger partial charge < -0.3 is 10.6 Å². The fourth-order valence-electron chi connectivity index (χ4n) is 2.53. The smallest absolute Gasteiger partial charge is 0.241 e. The topological polar surface area (TPSA) is 61.4 Å². The number of para-hydroxylation sites is 1. The molecule has 27 heavy (non-hydrogen) atoms. The molecule has 0 aliphatic carbocycles. The summed E-state index contributed by atoms with van der Waals surface area (Å²) in [7, 11) is 1.72. The van der Waals surface area contributed by atoms with Crippen molar-refractivity contribution in [1.29, 1.82) is 0 Å². The number of hydrogen-bond donors (Lipinski definition) is 2. The average molecular weight is 408 g/mol. The molecule has 2 rings (SSSR count). The largest absolute Gasteiger partial charge is 0.325 e. The molecule has 0 spiro atoms. The van der Waals surface area contributed by atoms with Gasteiger partial charge in [0.1, 0.15) is 0 Å². The van der Waals surface area contributed by atoms with Crippen LogP contribution in [0.15, 0.2) is 42.5 Å². The highest BCUT2D eigenvalue weighted by Crippen LogP contribution is 2.25. The molecule has 0 bridgehead atoms. The van der Waals surface area contributed by atoms with Gasteiger partial charge in [0.2, 0.25) is 11.8 Å². The first-order valence-electron chi connectivity index (χ1n) is 8.65. The summed E-state index contributed by atoms with van der Waals surface area (Å²) in [6.45, 7) is 3.85. The fourth-order valence-corrected chi connectivity index (χ4v) is 2.99. The van der Waals surface area contributed by atoms with Gasteiger partial charge >= 0.3 is 0 Å². The number of carbonyl (C=O) groups excluding carboxylic acids is 2. The first-order valence-corrected chi connectivity index (χ1v) is 9.41. The van der Waals surface area contributed by atoms with Crippen molar-refractivity contribution in [3.63, 3.8) is 0 Å². The molecule has 7 heteroatoms. The van der Waals surface area contributed by atoms with Crippen LogP contribution in [-0.4, -0.2) is 36.3 Å². The normalized spacial score (nSPS) is 11.9. The highest BCUT2D eigenvalue weighted by atomic mass is 35.5. The van der Waals surface area contributed by atoms with Gasteiger partial charge in [-0.2, -0.15) is 0 Å². The summed E-state index contributed by atoms with van der Waals surface area (Å²) >= 11 is 11.9. The third-order valence-electron chi connectivity index (χ3n) is 4.29. The van der Waals surface area contributed by atoms with E-state index in [-0.39, 0.29) is 18.4 Å². The summed E-state index contributed by atoms with van der Waals surface area (Å²) in [5, 5.41) is 6.51. The second kappa shape index (κ2) is 9.74. The van der Waals surface area contributed by atoms with Crippen molar-refractivity contribution >= 4 is 46.4 Å². The molecule has 2 aromatic rings. The van der Waals surface area contributed by atoms with E-state index in [0.29, 0.717) is 15.7 Å². The fraction of sp³-hybridized carbons (Fsp3) is 0.300. The van der Waals surface area contributed by atoms with Gasteiger partial charge in [-0.05, 0) is 50.2 Å². The maximum Gasteiger partial charge on any atom is 0.241 e. The van der Waals surface area contributed by atoms with Crippen LogP contribution >= 0.6 is 23.2 Å². The molecule has 1 atom stereocenters. The summed E-state index contributed by atoms with van der Waals surface area (Å²) in [6.07, 6.45) is 0.826. The standard InChI is InChI=1S/C20H23Cl2N3O2/c1-4-14-7-5-6-8-17(14)23-19(26)12-25(3)13(2)20(27)24-18-10-9-15(21)11-16(18)22/h5-11,13H,4,12H2,1-3H3,(H,23,26)(H,24,27)/t13-/m0/s1. The van der Waals surface area contributed by atoms with Crippen LogP contribution in [0, 0.1) is 0 Å². The molecule has 0 radical (unpaired) electrons. The summed E-state index contributed by atoms with van der Waals surface area (Å²) in [6, 6.07) is 12.0. The maximum atomic E-state index is 12.5. The minimum atomic E-state index is -0.524. The Labute approximate surface area is 169 Å². The Morgan fingerprint density at radius 1 is 1.07 bits per heavy atom. The molecular weight excluding hydrogens is 385 g/mol. The van der Waals surface area contributed by atoms with E-state index < -0.39 is 6.04 Å². The number of nitrogens with one attached hydrogen (secondary N) is 2. The van der Waals surface area contributed by atoms with Crippen molar-refractivity contribution in [3.8, 4) is 0 Å². The number of rotatable bonds is 7. The molecule has 0 saturated carbocycles. The van der Waals surface area contributed by atoms with E-state index in [1.807, 2.05) is 31.2 Å². The molecule has 0 heterocycles. The minimum absolute atomic E-state index is 0.0843. The zero-order valence-corrected chi connectivity index (χ0v) is 17.1. The monoisotopic (exact) mass is 407 g/mol. The molecule has 0 aliphatic heterocycles. The molecule has 2 amide bonds. The Balaban J connectivity index is 1.94. The minimum Gasteiger partial charge on any atom is -0.325 e. The zero-order valence-electron chi connectivity index (χ0n) is 15.6. The Kier molecular flexibility index (Phi) is 7.66. The lowest BCUT2D eigenvalue weighted by Gasteiger charge is -2.23. The van der Waals surface area contributed by atoms with Gasteiger partial charge in [-0.25, -0.2) is 0 Å². The molecular formula is C20H23Cl2N3O2. The Morgan fingerprint density at radius 2 is 1.78 bits per heavy atom. The summed E-state index contributed by atoms with van der Waals surface area (Å²) < 4.78 is 0. The maximum absolute atomic E-state index is 12.5. The van der Waals surface area contributed by atoms with Gasteiger partial charge in [-0.15, -0.1) is 0 Å². The molecule has 2 aromatic carbocycles. The van der Waals surface area contributed by atoms with Gasteiger partial charge in [-0.1, -0.05) is 48.3 Å². The van der Waals surface area contributed by atoms with Crippen molar-refractivity contribution in [3.05, 3.63) is 58.1 Å². The van der Waals surface area contributed by atoms with E-state index in [1.54, 1.807) is 37.1 Å². The number of amides is 2. The Bertz CT molecular complexity index is 827. The number of halogens is 2. The van der Waals surface area contributed by atoms with E-state index in [4.69, 9.17) is 23.2 Å². The van der Waals surface area contributed by atoms with E-state index in [2.05, 4.69) is 10.6 Å². The van der Waals surface area contributed by atoms with Gasteiger partial charge in [0.25, 0.3) is 0 Å². The zero-order chi connectivity index (χ0) is 20.0. The third-order valence-corrected chi connectivity index (χ3v) is 4.84. The number of carbonyl (C=O) groups is 2. The molecule has 2 N–H and O–H groups in total. The number of likely N-dealkylation sites (N-methyl/N-ethyl adjacent to an activating group) is 1. The number of aryl methyl sites for hydroxylation is 1. The molecule has 5 nitrogen and oxygen atoms in total. The van der Waals surface area contributed by atoms with Gasteiger partial charge in [0, 0.05) is 10.7 Å². The third kappa shape index (κ3) is 5.96. The summed E-state index contributed by atoms with van der Waals surface area (Å²) in [4.78, 5) is 26.5. The van der Waals surface area contributed by atoms with Crippen molar-refractivity contribution < 1.29 is 9.59 Å². The first kappa shape index (κ1) is 21.2. The van der Waals surface area contributed by atoms with Gasteiger partial charge in [-0.3, -0.25) is 14.5 Å². The second-order valence-electron chi connectivity index (χ2n) is 6.26. The molecule has 0 aliphatic rings. The highest BCUT2D eigenvalue weighted by molar-refractivity contribution is 6.36. The van der Waals surface area contributed by atoms with Crippen LogP contribution in [-0.2, 0) is 16.0 Å². The van der Waals surface area contributed by atoms with Crippen LogP contribution < -0.4 is 10.6 Å².